The summed E-state index contributed by atoms with van der Waals surface area (Å²) in [5.41, 5.74) is 3.15. The van der Waals surface area contributed by atoms with Gasteiger partial charge in [0.05, 0.1) is 4.91 Å². The van der Waals surface area contributed by atoms with Gasteiger partial charge in [0.15, 0.2) is 11.5 Å². The van der Waals surface area contributed by atoms with Gasteiger partial charge in [-0.15, -0.1) is 0 Å². The molecular weight excluding hydrogens is 398 g/mol. The summed E-state index contributed by atoms with van der Waals surface area (Å²) in [5, 5.41) is 0. The van der Waals surface area contributed by atoms with Crippen LogP contribution < -0.4 is 14.2 Å². The highest BCUT2D eigenvalue weighted by molar-refractivity contribution is 7.93. The molecule has 1 heterocycles. The summed E-state index contributed by atoms with van der Waals surface area (Å²) in [6.45, 7) is 1.52. The lowest BCUT2D eigenvalue weighted by Crippen LogP contribution is -2.39. The molecule has 0 unspecified atom stereocenters. The Morgan fingerprint density at radius 1 is 0.933 bits per heavy atom. The van der Waals surface area contributed by atoms with Crippen molar-refractivity contribution in [3.63, 3.8) is 0 Å². The molecule has 5 rings (SSSR count). The lowest BCUT2D eigenvalue weighted by molar-refractivity contribution is 0.171. The number of rotatable bonds is 5. The number of hydrogen-bond acceptors (Lipinski definition) is 4. The van der Waals surface area contributed by atoms with Gasteiger partial charge >= 0.3 is 0 Å². The first-order valence-electron chi connectivity index (χ1n) is 10.7. The molecule has 0 radical (unpaired) electrons. The average molecular weight is 426 g/mol. The summed E-state index contributed by atoms with van der Waals surface area (Å²) >= 11 is 0. The molecule has 2 aromatic carbocycles. The largest absolute Gasteiger partial charge is 0.486 e. The van der Waals surface area contributed by atoms with Gasteiger partial charge in [-0.3, -0.25) is 0 Å². The molecule has 1 aliphatic heterocycles. The number of aryl methyl sites for hydroxylation is 1. The summed E-state index contributed by atoms with van der Waals surface area (Å²) < 4.78 is 40.6. The van der Waals surface area contributed by atoms with Crippen LogP contribution in [0.1, 0.15) is 48.8 Å². The molecular formula is C24H27NO4S. The number of benzene rings is 2. The minimum absolute atomic E-state index is 0.198. The highest BCUT2D eigenvalue weighted by Crippen LogP contribution is 2.44. The zero-order chi connectivity index (χ0) is 20.6. The minimum atomic E-state index is -3.52. The molecule has 1 N–H and O–H groups in total. The predicted molar refractivity (Wildman–Crippen MR) is 117 cm³/mol. The molecule has 0 saturated heterocycles. The van der Waals surface area contributed by atoms with Crippen molar-refractivity contribution in [3.8, 4) is 11.5 Å². The first-order valence-corrected chi connectivity index (χ1v) is 12.2. The van der Waals surface area contributed by atoms with Gasteiger partial charge in [-0.25, -0.2) is 13.1 Å². The van der Waals surface area contributed by atoms with Crippen LogP contribution in [0.15, 0.2) is 47.4 Å². The molecule has 0 bridgehead atoms. The highest BCUT2D eigenvalue weighted by atomic mass is 32.2. The fraction of sp³-hybridized carbons (Fsp3) is 0.417. The maximum atomic E-state index is 13.1. The fourth-order valence-corrected chi connectivity index (χ4v) is 6.24. The van der Waals surface area contributed by atoms with Gasteiger partial charge in [0.1, 0.15) is 13.2 Å². The van der Waals surface area contributed by atoms with E-state index in [1.807, 2.05) is 36.4 Å². The molecule has 6 heteroatoms. The second kappa shape index (κ2) is 7.75. The van der Waals surface area contributed by atoms with Crippen LogP contribution in [0.5, 0.6) is 11.5 Å². The Bertz CT molecular complexity index is 1080. The number of hydrogen-bond donors (Lipinski definition) is 1. The number of fused-ring (bicyclic) bond motifs is 2. The monoisotopic (exact) mass is 425 g/mol. The van der Waals surface area contributed by atoms with E-state index in [0.717, 1.165) is 54.7 Å². The average Bonchev–Trinajstić information content (AvgIpc) is 3.27. The Morgan fingerprint density at radius 2 is 1.70 bits per heavy atom. The first-order chi connectivity index (χ1) is 14.6. The van der Waals surface area contributed by atoms with Crippen LogP contribution >= 0.6 is 0 Å². The van der Waals surface area contributed by atoms with Crippen LogP contribution in [0.3, 0.4) is 0 Å². The number of nitrogens with one attached hydrogen (secondary N) is 1. The van der Waals surface area contributed by atoms with Gasteiger partial charge in [-0.05, 0) is 60.6 Å². The summed E-state index contributed by atoms with van der Waals surface area (Å²) in [6.07, 6.45) is 7.28. The summed E-state index contributed by atoms with van der Waals surface area (Å²) in [6, 6.07) is 14.1. The van der Waals surface area contributed by atoms with Crippen molar-refractivity contribution < 1.29 is 17.9 Å². The third kappa shape index (κ3) is 3.63. The second-order valence-electron chi connectivity index (χ2n) is 8.48. The molecule has 0 aromatic heterocycles. The number of allylic oxidation sites excluding steroid dienone is 1. The van der Waals surface area contributed by atoms with E-state index in [1.54, 1.807) is 0 Å². The number of sulfonamides is 1. The van der Waals surface area contributed by atoms with E-state index in [9.17, 15) is 8.42 Å². The fourth-order valence-electron chi connectivity index (χ4n) is 4.94. The van der Waals surface area contributed by atoms with Gasteiger partial charge < -0.3 is 9.47 Å². The van der Waals surface area contributed by atoms with Crippen molar-refractivity contribution in [2.45, 2.75) is 43.9 Å². The van der Waals surface area contributed by atoms with Gasteiger partial charge in [0, 0.05) is 12.0 Å². The maximum absolute atomic E-state index is 13.1. The Labute approximate surface area is 178 Å². The van der Waals surface area contributed by atoms with Crippen molar-refractivity contribution in [3.05, 3.63) is 64.1 Å². The summed E-state index contributed by atoms with van der Waals surface area (Å²) in [4.78, 5) is 0.483. The van der Waals surface area contributed by atoms with Crippen LogP contribution in [0.2, 0.25) is 0 Å². The standard InChI is InChI=1S/C24H27NO4S/c26-30(27,21-9-7-18-5-1-2-6-19(18)15-21)25-17-24(11-3-4-12-24)20-8-10-22-23(16-20)29-14-13-28-22/h1-2,5-6,8,10,15-16,25H,3-4,7,9,11-14,17H2. The number of ether oxygens (including phenoxy) is 2. The van der Waals surface area contributed by atoms with Crippen LogP contribution in [-0.2, 0) is 21.9 Å². The minimum Gasteiger partial charge on any atom is -0.486 e. The van der Waals surface area contributed by atoms with Gasteiger partial charge in [-0.1, -0.05) is 43.2 Å². The first kappa shape index (κ1) is 19.6. The lowest BCUT2D eigenvalue weighted by Gasteiger charge is -2.31. The quantitative estimate of drug-likeness (QED) is 0.781. The molecule has 0 amide bonds. The molecule has 30 heavy (non-hydrogen) atoms. The molecule has 1 saturated carbocycles. The normalized spacial score (nSPS) is 19.8. The van der Waals surface area contributed by atoms with E-state index < -0.39 is 10.0 Å². The summed E-state index contributed by atoms with van der Waals surface area (Å²) in [5.74, 6) is 1.53. The van der Waals surface area contributed by atoms with Crippen LogP contribution in [-0.4, -0.2) is 28.2 Å². The third-order valence-electron chi connectivity index (χ3n) is 6.67. The molecule has 2 aromatic rings. The zero-order valence-corrected chi connectivity index (χ0v) is 17.8. The Kier molecular flexibility index (Phi) is 5.07. The van der Waals surface area contributed by atoms with Crippen molar-refractivity contribution in [2.75, 3.05) is 19.8 Å². The third-order valence-corrected chi connectivity index (χ3v) is 8.21. The second-order valence-corrected chi connectivity index (χ2v) is 10.3. The van der Waals surface area contributed by atoms with E-state index in [-0.39, 0.29) is 5.41 Å². The van der Waals surface area contributed by atoms with Gasteiger partial charge in [0.25, 0.3) is 0 Å². The van der Waals surface area contributed by atoms with Crippen LogP contribution in [0.25, 0.3) is 6.08 Å². The Morgan fingerprint density at radius 3 is 2.53 bits per heavy atom. The van der Waals surface area contributed by atoms with Crippen LogP contribution in [0, 0.1) is 0 Å². The van der Waals surface area contributed by atoms with E-state index in [2.05, 4.69) is 16.9 Å². The van der Waals surface area contributed by atoms with Gasteiger partial charge in [-0.2, -0.15) is 0 Å². The SMILES string of the molecule is O=S(=O)(NCC1(c2ccc3c(c2)OCCO3)CCCC1)C1=Cc2ccccc2CC1. The zero-order valence-electron chi connectivity index (χ0n) is 17.0. The smallest absolute Gasteiger partial charge is 0.236 e. The van der Waals surface area contributed by atoms with Crippen LogP contribution in [0.4, 0.5) is 0 Å². The Balaban J connectivity index is 1.39. The lowest BCUT2D eigenvalue weighted by atomic mass is 9.79. The molecule has 2 aliphatic carbocycles. The highest BCUT2D eigenvalue weighted by Gasteiger charge is 2.38. The summed E-state index contributed by atoms with van der Waals surface area (Å²) in [7, 11) is -3.52. The van der Waals surface area contributed by atoms with E-state index in [0.29, 0.717) is 31.1 Å². The molecule has 0 spiro atoms. The van der Waals surface area contributed by atoms with E-state index >= 15 is 0 Å². The van der Waals surface area contributed by atoms with Gasteiger partial charge in [0.2, 0.25) is 10.0 Å². The molecule has 5 nitrogen and oxygen atoms in total. The molecule has 0 atom stereocenters. The Hall–Kier alpha value is -2.31. The van der Waals surface area contributed by atoms with E-state index in [1.165, 1.54) is 5.56 Å². The van der Waals surface area contributed by atoms with Crippen molar-refractivity contribution in [2.24, 2.45) is 0 Å². The van der Waals surface area contributed by atoms with E-state index in [4.69, 9.17) is 9.47 Å². The molecule has 3 aliphatic rings. The molecule has 158 valence electrons. The van der Waals surface area contributed by atoms with Crippen molar-refractivity contribution in [1.82, 2.24) is 4.72 Å². The predicted octanol–water partition coefficient (Wildman–Crippen LogP) is 4.18. The van der Waals surface area contributed by atoms with Crippen molar-refractivity contribution in [1.29, 1.82) is 0 Å². The maximum Gasteiger partial charge on any atom is 0.236 e. The van der Waals surface area contributed by atoms with Crippen molar-refractivity contribution >= 4 is 16.1 Å². The molecule has 1 fully saturated rings. The topological polar surface area (TPSA) is 64.6 Å².